The molecule has 118 valence electrons. The van der Waals surface area contributed by atoms with E-state index in [1.54, 1.807) is 4.57 Å². The third-order valence-corrected chi connectivity index (χ3v) is 5.36. The maximum absolute atomic E-state index is 12.3. The zero-order valence-corrected chi connectivity index (χ0v) is 13.4. The van der Waals surface area contributed by atoms with Gasteiger partial charge in [-0.25, -0.2) is 17.9 Å². The molecule has 1 heterocycles. The van der Waals surface area contributed by atoms with E-state index in [4.69, 9.17) is 0 Å². The van der Waals surface area contributed by atoms with Crippen LogP contribution < -0.4 is 4.72 Å². The Balaban J connectivity index is 2.24. The number of sulfonamides is 1. The van der Waals surface area contributed by atoms with Crippen LogP contribution in [-0.2, 0) is 10.0 Å². The van der Waals surface area contributed by atoms with Gasteiger partial charge in [-0.1, -0.05) is 20.8 Å². The lowest BCUT2D eigenvalue weighted by atomic mass is 9.91. The van der Waals surface area contributed by atoms with Crippen LogP contribution in [0.2, 0.25) is 0 Å². The van der Waals surface area contributed by atoms with Crippen molar-refractivity contribution in [1.29, 1.82) is 0 Å². The first kappa shape index (κ1) is 16.0. The second-order valence-corrected chi connectivity index (χ2v) is 8.11. The maximum atomic E-state index is 12.3. The van der Waals surface area contributed by atoms with Crippen LogP contribution in [0.4, 0.5) is 0 Å². The molecule has 0 unspecified atom stereocenters. The summed E-state index contributed by atoms with van der Waals surface area (Å²) in [6, 6.07) is 1.36. The van der Waals surface area contributed by atoms with Crippen LogP contribution in [0.15, 0.2) is 17.2 Å². The minimum Gasteiger partial charge on any atom is -0.477 e. The van der Waals surface area contributed by atoms with E-state index in [2.05, 4.69) is 4.72 Å². The largest absolute Gasteiger partial charge is 0.477 e. The number of carboxylic acids is 1. The van der Waals surface area contributed by atoms with Gasteiger partial charge in [-0.15, -0.1) is 0 Å². The number of nitrogens with zero attached hydrogens (tertiary/aromatic N) is 1. The average Bonchev–Trinajstić information content (AvgIpc) is 3.14. The minimum absolute atomic E-state index is 0.0266. The molecule has 0 aromatic carbocycles. The number of carboxylic acid groups (broad SMARTS) is 1. The molecular weight excluding hydrogens is 292 g/mol. The lowest BCUT2D eigenvalue weighted by Crippen LogP contribution is -2.33. The highest BCUT2D eigenvalue weighted by Gasteiger charge is 2.31. The highest BCUT2D eigenvalue weighted by molar-refractivity contribution is 7.89. The summed E-state index contributed by atoms with van der Waals surface area (Å²) in [6.45, 7) is 6.28. The number of hydrogen-bond acceptors (Lipinski definition) is 3. The van der Waals surface area contributed by atoms with Crippen molar-refractivity contribution in [2.45, 2.75) is 51.0 Å². The molecule has 0 saturated heterocycles. The Hall–Kier alpha value is -1.34. The molecular formula is C14H22N2O4S. The van der Waals surface area contributed by atoms with Crippen LogP contribution in [-0.4, -0.2) is 30.6 Å². The van der Waals surface area contributed by atoms with E-state index < -0.39 is 16.0 Å². The first-order valence-corrected chi connectivity index (χ1v) is 8.59. The highest BCUT2D eigenvalue weighted by Crippen LogP contribution is 2.37. The zero-order valence-electron chi connectivity index (χ0n) is 12.6. The molecule has 0 radical (unpaired) electrons. The molecule has 0 aliphatic heterocycles. The summed E-state index contributed by atoms with van der Waals surface area (Å²) in [5.74, 6) is -1.10. The van der Waals surface area contributed by atoms with Gasteiger partial charge >= 0.3 is 5.97 Å². The Morgan fingerprint density at radius 1 is 1.48 bits per heavy atom. The van der Waals surface area contributed by atoms with Gasteiger partial charge in [0.25, 0.3) is 0 Å². The lowest BCUT2D eigenvalue weighted by Gasteiger charge is -2.22. The SMILES string of the molecule is CCC(C)(C)CNS(=O)(=O)c1cc(C(=O)O)n(C2CC2)c1. The standard InChI is InChI=1S/C14H22N2O4S/c1-4-14(2,3)9-15-21(19,20)11-7-12(13(17)18)16(8-11)10-5-6-10/h7-8,10,15H,4-6,9H2,1-3H3,(H,17,18). The molecule has 0 spiro atoms. The topological polar surface area (TPSA) is 88.4 Å². The van der Waals surface area contributed by atoms with Crippen molar-refractivity contribution in [1.82, 2.24) is 9.29 Å². The van der Waals surface area contributed by atoms with Gasteiger partial charge < -0.3 is 9.67 Å². The summed E-state index contributed by atoms with van der Waals surface area (Å²) in [4.78, 5) is 11.2. The monoisotopic (exact) mass is 314 g/mol. The summed E-state index contributed by atoms with van der Waals surface area (Å²) in [6.07, 6.45) is 4.07. The smallest absolute Gasteiger partial charge is 0.352 e. The Labute approximate surface area is 125 Å². The van der Waals surface area contributed by atoms with Crippen molar-refractivity contribution in [2.75, 3.05) is 6.54 Å². The number of aromatic nitrogens is 1. The third kappa shape index (κ3) is 3.65. The van der Waals surface area contributed by atoms with Crippen molar-refractivity contribution >= 4 is 16.0 Å². The van der Waals surface area contributed by atoms with Gasteiger partial charge in [0.05, 0.1) is 0 Å². The fraction of sp³-hybridized carbons (Fsp3) is 0.643. The van der Waals surface area contributed by atoms with Crippen molar-refractivity contribution in [3.63, 3.8) is 0 Å². The molecule has 1 aliphatic carbocycles. The van der Waals surface area contributed by atoms with Crippen LogP contribution in [0.5, 0.6) is 0 Å². The zero-order chi connectivity index (χ0) is 15.8. The fourth-order valence-corrected chi connectivity index (χ4v) is 3.19. The molecule has 1 aliphatic rings. The van der Waals surface area contributed by atoms with E-state index in [1.807, 2.05) is 20.8 Å². The number of nitrogens with one attached hydrogen (secondary N) is 1. The van der Waals surface area contributed by atoms with Crippen molar-refractivity contribution in [3.8, 4) is 0 Å². The van der Waals surface area contributed by atoms with E-state index in [0.717, 1.165) is 19.3 Å². The first-order chi connectivity index (χ1) is 9.66. The van der Waals surface area contributed by atoms with Gasteiger partial charge in [0.1, 0.15) is 10.6 Å². The van der Waals surface area contributed by atoms with Crippen LogP contribution in [0.1, 0.15) is 56.6 Å². The Kier molecular flexibility index (Phi) is 4.17. The van der Waals surface area contributed by atoms with E-state index >= 15 is 0 Å². The molecule has 1 fully saturated rings. The lowest BCUT2D eigenvalue weighted by molar-refractivity contribution is 0.0685. The number of aromatic carboxylic acids is 1. The molecule has 0 bridgehead atoms. The molecule has 21 heavy (non-hydrogen) atoms. The number of hydrogen-bond donors (Lipinski definition) is 2. The molecule has 1 saturated carbocycles. The van der Waals surface area contributed by atoms with E-state index in [-0.39, 0.29) is 22.0 Å². The van der Waals surface area contributed by atoms with Gasteiger partial charge in [0.2, 0.25) is 10.0 Å². The van der Waals surface area contributed by atoms with Gasteiger partial charge in [0.15, 0.2) is 0 Å². The summed E-state index contributed by atoms with van der Waals surface area (Å²) in [5.41, 5.74) is -0.102. The van der Waals surface area contributed by atoms with Crippen LogP contribution in [0, 0.1) is 5.41 Å². The molecule has 1 aromatic heterocycles. The normalized spacial score (nSPS) is 16.1. The minimum atomic E-state index is -3.68. The van der Waals surface area contributed by atoms with Crippen LogP contribution >= 0.6 is 0 Å². The summed E-state index contributed by atoms with van der Waals surface area (Å²) < 4.78 is 28.7. The first-order valence-electron chi connectivity index (χ1n) is 7.11. The van der Waals surface area contributed by atoms with Gasteiger partial charge in [-0.3, -0.25) is 0 Å². The molecule has 2 rings (SSSR count). The van der Waals surface area contributed by atoms with Gasteiger partial charge in [0, 0.05) is 18.8 Å². The molecule has 6 nitrogen and oxygen atoms in total. The van der Waals surface area contributed by atoms with Crippen LogP contribution in [0.25, 0.3) is 0 Å². The Morgan fingerprint density at radius 3 is 2.57 bits per heavy atom. The molecule has 7 heteroatoms. The van der Waals surface area contributed by atoms with Crippen molar-refractivity contribution in [2.24, 2.45) is 5.41 Å². The summed E-state index contributed by atoms with van der Waals surface area (Å²) in [5, 5.41) is 9.18. The van der Waals surface area contributed by atoms with Crippen molar-refractivity contribution in [3.05, 3.63) is 18.0 Å². The summed E-state index contributed by atoms with van der Waals surface area (Å²) in [7, 11) is -3.68. The predicted octanol–water partition coefficient (Wildman–Crippen LogP) is 2.24. The van der Waals surface area contributed by atoms with Crippen molar-refractivity contribution < 1.29 is 18.3 Å². The second-order valence-electron chi connectivity index (χ2n) is 6.35. The number of carbonyl (C=O) groups is 1. The Bertz CT molecular complexity index is 642. The molecule has 2 N–H and O–H groups in total. The average molecular weight is 314 g/mol. The fourth-order valence-electron chi connectivity index (χ4n) is 1.93. The predicted molar refractivity (Wildman–Crippen MR) is 78.9 cm³/mol. The van der Waals surface area contributed by atoms with E-state index in [9.17, 15) is 18.3 Å². The van der Waals surface area contributed by atoms with Gasteiger partial charge in [-0.05, 0) is 30.7 Å². The number of rotatable bonds is 7. The molecule has 0 atom stereocenters. The highest BCUT2D eigenvalue weighted by atomic mass is 32.2. The summed E-state index contributed by atoms with van der Waals surface area (Å²) >= 11 is 0. The Morgan fingerprint density at radius 2 is 2.10 bits per heavy atom. The van der Waals surface area contributed by atoms with E-state index in [0.29, 0.717) is 6.54 Å². The quantitative estimate of drug-likeness (QED) is 0.808. The third-order valence-electron chi connectivity index (χ3n) is 3.99. The maximum Gasteiger partial charge on any atom is 0.352 e. The van der Waals surface area contributed by atoms with Gasteiger partial charge in [-0.2, -0.15) is 0 Å². The molecule has 0 amide bonds. The molecule has 1 aromatic rings. The van der Waals surface area contributed by atoms with E-state index in [1.165, 1.54) is 12.3 Å². The second kappa shape index (κ2) is 5.46. The van der Waals surface area contributed by atoms with Crippen LogP contribution in [0.3, 0.4) is 0 Å².